The van der Waals surface area contributed by atoms with E-state index < -0.39 is 30.2 Å². The van der Waals surface area contributed by atoms with Crippen molar-refractivity contribution in [1.82, 2.24) is 9.88 Å². The molecule has 3 amide bonds. The molecule has 5 rings (SSSR count). The van der Waals surface area contributed by atoms with Crippen LogP contribution in [0.25, 0.3) is 0 Å². The average molecular weight is 553 g/mol. The Balaban J connectivity index is 1.19. The summed E-state index contributed by atoms with van der Waals surface area (Å²) < 4.78 is 25.9. The Kier molecular flexibility index (Phi) is 7.66. The summed E-state index contributed by atoms with van der Waals surface area (Å²) >= 11 is 1.31. The van der Waals surface area contributed by atoms with E-state index in [1.54, 1.807) is 35.2 Å². The second-order valence-corrected chi connectivity index (χ2v) is 10.2. The van der Waals surface area contributed by atoms with Gasteiger partial charge in [-0.25, -0.2) is 4.39 Å². The summed E-state index contributed by atoms with van der Waals surface area (Å²) in [4.78, 5) is 43.9. The normalized spacial score (nSPS) is 16.2. The van der Waals surface area contributed by atoms with E-state index in [0.29, 0.717) is 47.3 Å². The number of aliphatic hydroxyl groups excluding tert-OH is 1. The van der Waals surface area contributed by atoms with E-state index in [0.717, 1.165) is 6.07 Å². The van der Waals surface area contributed by atoms with Gasteiger partial charge in [0.25, 0.3) is 0 Å². The maximum atomic E-state index is 14.9. The molecule has 202 valence electrons. The molecule has 12 heteroatoms. The monoisotopic (exact) mass is 552 g/mol. The smallest absolute Gasteiger partial charge is 0.236 e. The zero-order valence-electron chi connectivity index (χ0n) is 20.8. The lowest BCUT2D eigenvalue weighted by Gasteiger charge is -2.37. The van der Waals surface area contributed by atoms with Gasteiger partial charge in [-0.15, -0.1) is 11.8 Å². The van der Waals surface area contributed by atoms with E-state index in [1.807, 2.05) is 0 Å². The van der Waals surface area contributed by atoms with Crippen LogP contribution >= 0.6 is 11.8 Å². The number of pyridine rings is 1. The first kappa shape index (κ1) is 26.4. The number of ether oxygens (including phenoxy) is 2. The van der Waals surface area contributed by atoms with Crippen molar-refractivity contribution in [3.63, 3.8) is 0 Å². The molecule has 1 saturated heterocycles. The number of nitrogens with zero attached hydrogens (tertiary/aromatic N) is 2. The average Bonchev–Trinajstić information content (AvgIpc) is 3.33. The number of carbonyl (C=O) groups excluding carboxylic acids is 3. The number of carbonyl (C=O) groups is 3. The number of hydrogen-bond acceptors (Lipinski definition) is 8. The van der Waals surface area contributed by atoms with Crippen LogP contribution in [-0.2, 0) is 20.8 Å². The van der Waals surface area contributed by atoms with Crippen LogP contribution in [-0.4, -0.2) is 64.3 Å². The van der Waals surface area contributed by atoms with Gasteiger partial charge in [0.2, 0.25) is 17.7 Å². The summed E-state index contributed by atoms with van der Waals surface area (Å²) in [6, 6.07) is 12.3. The number of hydrogen-bond donors (Lipinski definition) is 3. The Labute approximate surface area is 227 Å². The van der Waals surface area contributed by atoms with Gasteiger partial charge in [-0.1, -0.05) is 12.1 Å². The van der Waals surface area contributed by atoms with E-state index in [1.165, 1.54) is 37.2 Å². The number of methoxy groups -OCH3 is 1. The fourth-order valence-electron chi connectivity index (χ4n) is 4.23. The highest BCUT2D eigenvalue weighted by Gasteiger charge is 2.38. The highest BCUT2D eigenvalue weighted by molar-refractivity contribution is 8.01. The molecule has 1 fully saturated rings. The molecule has 1 aromatic heterocycles. The molecule has 0 aliphatic carbocycles. The zero-order valence-corrected chi connectivity index (χ0v) is 21.7. The predicted octanol–water partition coefficient (Wildman–Crippen LogP) is 3.21. The number of β-amino-alcohol motifs (C(OH)–C–C–N with tert-alkyl or cyclic N) is 1. The Hall–Kier alpha value is -4.16. The molecule has 0 spiro atoms. The number of thioether (sulfide) groups is 1. The van der Waals surface area contributed by atoms with Crippen LogP contribution in [0.3, 0.4) is 0 Å². The minimum Gasteiger partial charge on any atom is -0.495 e. The molecule has 2 aliphatic rings. The van der Waals surface area contributed by atoms with Crippen LogP contribution in [0, 0.1) is 5.82 Å². The summed E-state index contributed by atoms with van der Waals surface area (Å²) in [6.45, 7) is 0.646. The lowest BCUT2D eigenvalue weighted by Crippen LogP contribution is -2.55. The van der Waals surface area contributed by atoms with Crippen molar-refractivity contribution in [2.75, 3.05) is 30.8 Å². The molecule has 3 N–H and O–H groups in total. The lowest BCUT2D eigenvalue weighted by molar-refractivity contribution is -0.140. The number of amides is 3. The van der Waals surface area contributed by atoms with Crippen molar-refractivity contribution in [2.45, 2.75) is 29.1 Å². The first-order chi connectivity index (χ1) is 18.8. The number of nitrogens with one attached hydrogen (secondary N) is 2. The Morgan fingerprint density at radius 2 is 1.85 bits per heavy atom. The van der Waals surface area contributed by atoms with Gasteiger partial charge in [0.15, 0.2) is 11.6 Å². The third-order valence-electron chi connectivity index (χ3n) is 6.17. The third kappa shape index (κ3) is 5.96. The van der Waals surface area contributed by atoms with Crippen LogP contribution in [0.5, 0.6) is 17.2 Å². The first-order valence-corrected chi connectivity index (χ1v) is 13.0. The number of likely N-dealkylation sites (tertiary alicyclic amines) is 1. The minimum absolute atomic E-state index is 0.0721. The van der Waals surface area contributed by atoms with Crippen molar-refractivity contribution in [3.05, 3.63) is 66.2 Å². The highest BCUT2D eigenvalue weighted by Crippen LogP contribution is 2.44. The lowest BCUT2D eigenvalue weighted by atomic mass is 10.1. The number of aromatic nitrogens is 1. The van der Waals surface area contributed by atoms with Crippen LogP contribution in [0.1, 0.15) is 12.1 Å². The second-order valence-electron chi connectivity index (χ2n) is 9.01. The number of para-hydroxylation sites is 2. The summed E-state index contributed by atoms with van der Waals surface area (Å²) in [7, 11) is 1.47. The molecule has 2 aromatic carbocycles. The van der Waals surface area contributed by atoms with E-state index >= 15 is 0 Å². The van der Waals surface area contributed by atoms with Crippen LogP contribution in [0.15, 0.2) is 59.6 Å². The van der Waals surface area contributed by atoms with Crippen molar-refractivity contribution in [1.29, 1.82) is 0 Å². The van der Waals surface area contributed by atoms with Gasteiger partial charge in [-0.2, -0.15) is 0 Å². The van der Waals surface area contributed by atoms with Crippen molar-refractivity contribution in [3.8, 4) is 17.2 Å². The molecule has 39 heavy (non-hydrogen) atoms. The highest BCUT2D eigenvalue weighted by atomic mass is 32.2. The van der Waals surface area contributed by atoms with Gasteiger partial charge >= 0.3 is 0 Å². The van der Waals surface area contributed by atoms with E-state index in [-0.39, 0.29) is 22.6 Å². The largest absolute Gasteiger partial charge is 0.495 e. The SMILES string of the molecule is COc1ccccc1NC(=O)CC(=O)Nc1ccc(Oc2ccnc3c2SC(C(=O)N2CC(O)C2)C3)c(F)c1. The maximum absolute atomic E-state index is 14.9. The molecule has 0 radical (unpaired) electrons. The maximum Gasteiger partial charge on any atom is 0.236 e. The third-order valence-corrected chi connectivity index (χ3v) is 7.49. The quantitative estimate of drug-likeness (QED) is 0.364. The second kappa shape index (κ2) is 11.3. The number of benzene rings is 2. The molecular weight excluding hydrogens is 527 g/mol. The number of rotatable bonds is 8. The number of halogens is 1. The summed E-state index contributed by atoms with van der Waals surface area (Å²) in [5.41, 5.74) is 1.28. The molecule has 1 unspecified atom stereocenters. The molecular formula is C27H25FN4O6S. The van der Waals surface area contributed by atoms with Crippen LogP contribution in [0.4, 0.5) is 15.8 Å². The van der Waals surface area contributed by atoms with E-state index in [9.17, 15) is 23.9 Å². The Morgan fingerprint density at radius 1 is 1.08 bits per heavy atom. The number of aliphatic hydroxyl groups is 1. The van der Waals surface area contributed by atoms with Gasteiger partial charge in [0.05, 0.1) is 34.7 Å². The van der Waals surface area contributed by atoms with Gasteiger partial charge in [0, 0.05) is 43.5 Å². The zero-order chi connectivity index (χ0) is 27.5. The summed E-state index contributed by atoms with van der Waals surface area (Å²) in [6.07, 6.45) is 0.998. The Bertz CT molecular complexity index is 1430. The van der Waals surface area contributed by atoms with Crippen molar-refractivity contribution < 1.29 is 33.4 Å². The summed E-state index contributed by atoms with van der Waals surface area (Å²) in [5, 5.41) is 14.2. The minimum atomic E-state index is -0.720. The van der Waals surface area contributed by atoms with Crippen LogP contribution < -0.4 is 20.1 Å². The fraction of sp³-hybridized carbons (Fsp3) is 0.259. The van der Waals surface area contributed by atoms with Crippen molar-refractivity contribution in [2.24, 2.45) is 0 Å². The van der Waals surface area contributed by atoms with Gasteiger partial charge in [-0.05, 0) is 24.3 Å². The fourth-order valence-corrected chi connectivity index (χ4v) is 5.51. The molecule has 0 saturated carbocycles. The van der Waals surface area contributed by atoms with Crippen molar-refractivity contribution >= 4 is 40.9 Å². The van der Waals surface area contributed by atoms with Crippen LogP contribution in [0.2, 0.25) is 0 Å². The van der Waals surface area contributed by atoms with Gasteiger partial charge in [0.1, 0.15) is 17.9 Å². The summed E-state index contributed by atoms with van der Waals surface area (Å²) in [5.74, 6) is -1.21. The van der Waals surface area contributed by atoms with E-state index in [4.69, 9.17) is 9.47 Å². The molecule has 3 heterocycles. The molecule has 3 aromatic rings. The number of fused-ring (bicyclic) bond motifs is 1. The molecule has 10 nitrogen and oxygen atoms in total. The van der Waals surface area contributed by atoms with Gasteiger partial charge in [-0.3, -0.25) is 19.4 Å². The van der Waals surface area contributed by atoms with Gasteiger partial charge < -0.3 is 30.1 Å². The van der Waals surface area contributed by atoms with E-state index in [2.05, 4.69) is 15.6 Å². The Morgan fingerprint density at radius 3 is 2.59 bits per heavy atom. The standard InChI is InChI=1S/C27H25FN4O6S/c1-37-21-5-3-2-4-18(21)31-25(35)12-24(34)30-15-6-7-20(17(28)10-15)38-22-8-9-29-19-11-23(39-26(19)22)27(36)32-13-16(33)14-32/h2-10,16,23,33H,11-14H2,1H3,(H,30,34)(H,31,35). The molecule has 0 bridgehead atoms. The molecule has 2 aliphatic heterocycles. The number of anilines is 2. The topological polar surface area (TPSA) is 130 Å². The molecule has 1 atom stereocenters. The first-order valence-electron chi connectivity index (χ1n) is 12.1. The predicted molar refractivity (Wildman–Crippen MR) is 142 cm³/mol.